The van der Waals surface area contributed by atoms with Crippen LogP contribution in [-0.2, 0) is 6.42 Å². The van der Waals surface area contributed by atoms with Crippen LogP contribution in [0.15, 0.2) is 24.3 Å². The first kappa shape index (κ1) is 15.9. The van der Waals surface area contributed by atoms with Crippen molar-refractivity contribution in [3.05, 3.63) is 57.6 Å². The van der Waals surface area contributed by atoms with Gasteiger partial charge in [0.15, 0.2) is 0 Å². The van der Waals surface area contributed by atoms with Gasteiger partial charge in [0.05, 0.1) is 0 Å². The molecule has 3 nitrogen and oxygen atoms in total. The van der Waals surface area contributed by atoms with Crippen LogP contribution in [0.2, 0.25) is 5.02 Å². The van der Waals surface area contributed by atoms with E-state index in [1.165, 1.54) is 5.56 Å². The number of aryl methyl sites for hydroxylation is 2. The van der Waals surface area contributed by atoms with E-state index in [9.17, 15) is 0 Å². The lowest BCUT2D eigenvalue weighted by molar-refractivity contribution is 0.659. The van der Waals surface area contributed by atoms with E-state index < -0.39 is 0 Å². The van der Waals surface area contributed by atoms with Crippen molar-refractivity contribution in [1.29, 1.82) is 0 Å². The van der Waals surface area contributed by atoms with Crippen LogP contribution in [-0.4, -0.2) is 23.6 Å². The molecule has 21 heavy (non-hydrogen) atoms. The fourth-order valence-electron chi connectivity index (χ4n) is 2.82. The molecule has 4 heteroatoms. The van der Waals surface area contributed by atoms with Gasteiger partial charge in [0.2, 0.25) is 0 Å². The maximum absolute atomic E-state index is 6.03. The van der Waals surface area contributed by atoms with E-state index in [1.54, 1.807) is 0 Å². The smallest absolute Gasteiger partial charge is 0.133 e. The van der Waals surface area contributed by atoms with Crippen LogP contribution in [0.5, 0.6) is 0 Å². The maximum atomic E-state index is 6.03. The summed E-state index contributed by atoms with van der Waals surface area (Å²) in [5.74, 6) is 1.27. The fraction of sp³-hybridized carbons (Fsp3) is 0.412. The van der Waals surface area contributed by atoms with Crippen LogP contribution < -0.4 is 5.32 Å². The maximum Gasteiger partial charge on any atom is 0.133 e. The number of aromatic nitrogens is 2. The minimum absolute atomic E-state index is 0.412. The molecule has 0 bridgehead atoms. The van der Waals surface area contributed by atoms with Gasteiger partial charge in [0, 0.05) is 29.4 Å². The standard InChI is InChI=1S/C17H22ClN3/c1-11(10-19-4)17-12(2)20-16(21-13(17)3)9-14-6-5-7-15(18)8-14/h5-8,11,19H,9-10H2,1-4H3. The van der Waals surface area contributed by atoms with Crippen LogP contribution in [0.1, 0.15) is 41.2 Å². The third-order valence-electron chi connectivity index (χ3n) is 3.63. The van der Waals surface area contributed by atoms with Gasteiger partial charge in [-0.3, -0.25) is 0 Å². The summed E-state index contributed by atoms with van der Waals surface area (Å²) in [6.07, 6.45) is 0.711. The summed E-state index contributed by atoms with van der Waals surface area (Å²) in [6, 6.07) is 7.86. The summed E-state index contributed by atoms with van der Waals surface area (Å²) in [5.41, 5.74) is 4.53. The lowest BCUT2D eigenvalue weighted by Crippen LogP contribution is -2.18. The van der Waals surface area contributed by atoms with Crippen LogP contribution in [0.25, 0.3) is 0 Å². The molecule has 1 unspecified atom stereocenters. The van der Waals surface area contributed by atoms with Gasteiger partial charge in [-0.1, -0.05) is 30.7 Å². The Balaban J connectivity index is 2.27. The molecule has 1 atom stereocenters. The normalized spacial score (nSPS) is 12.4. The minimum atomic E-state index is 0.412. The largest absolute Gasteiger partial charge is 0.319 e. The van der Waals surface area contributed by atoms with Crippen molar-refractivity contribution in [1.82, 2.24) is 15.3 Å². The van der Waals surface area contributed by atoms with E-state index in [2.05, 4.69) is 42.1 Å². The molecule has 0 aliphatic heterocycles. The molecular formula is C17H22ClN3. The van der Waals surface area contributed by atoms with Gasteiger partial charge in [-0.25, -0.2) is 9.97 Å². The van der Waals surface area contributed by atoms with E-state index in [1.807, 2.05) is 25.2 Å². The predicted molar refractivity (Wildman–Crippen MR) is 88.1 cm³/mol. The van der Waals surface area contributed by atoms with Crippen LogP contribution in [0.4, 0.5) is 0 Å². The van der Waals surface area contributed by atoms with Gasteiger partial charge in [-0.15, -0.1) is 0 Å². The molecule has 2 aromatic rings. The topological polar surface area (TPSA) is 37.8 Å². The van der Waals surface area contributed by atoms with E-state index in [0.29, 0.717) is 12.3 Å². The SMILES string of the molecule is CNCC(C)c1c(C)nc(Cc2cccc(Cl)c2)nc1C. The van der Waals surface area contributed by atoms with Crippen molar-refractivity contribution in [2.24, 2.45) is 0 Å². The molecule has 0 spiro atoms. The molecule has 2 rings (SSSR count). The van der Waals surface area contributed by atoms with Gasteiger partial charge in [0.1, 0.15) is 5.82 Å². The van der Waals surface area contributed by atoms with Crippen LogP contribution in [0, 0.1) is 13.8 Å². The van der Waals surface area contributed by atoms with Crippen molar-refractivity contribution in [2.75, 3.05) is 13.6 Å². The molecule has 1 N–H and O–H groups in total. The van der Waals surface area contributed by atoms with Crippen molar-refractivity contribution in [2.45, 2.75) is 33.1 Å². The van der Waals surface area contributed by atoms with Gasteiger partial charge >= 0.3 is 0 Å². The predicted octanol–water partition coefficient (Wildman–Crippen LogP) is 3.66. The highest BCUT2D eigenvalue weighted by atomic mass is 35.5. The summed E-state index contributed by atoms with van der Waals surface area (Å²) >= 11 is 6.03. The second kappa shape index (κ2) is 7.01. The third-order valence-corrected chi connectivity index (χ3v) is 3.86. The number of nitrogens with one attached hydrogen (secondary N) is 1. The second-order valence-electron chi connectivity index (χ2n) is 5.49. The molecular weight excluding hydrogens is 282 g/mol. The average Bonchev–Trinajstić information content (AvgIpc) is 2.38. The zero-order chi connectivity index (χ0) is 15.4. The number of hydrogen-bond donors (Lipinski definition) is 1. The first-order valence-electron chi connectivity index (χ1n) is 7.24. The van der Waals surface area contributed by atoms with Gasteiger partial charge in [0.25, 0.3) is 0 Å². The van der Waals surface area contributed by atoms with E-state index in [-0.39, 0.29) is 0 Å². The van der Waals surface area contributed by atoms with Crippen molar-refractivity contribution in [3.8, 4) is 0 Å². The first-order chi connectivity index (χ1) is 10.0. The number of likely N-dealkylation sites (N-methyl/N-ethyl adjacent to an activating group) is 1. The Hall–Kier alpha value is -1.45. The van der Waals surface area contributed by atoms with Crippen LogP contribution in [0.3, 0.4) is 0 Å². The Kier molecular flexibility index (Phi) is 5.32. The molecule has 0 aliphatic rings. The van der Waals surface area contributed by atoms with Gasteiger partial charge in [-0.05, 0) is 50.1 Å². The second-order valence-corrected chi connectivity index (χ2v) is 5.93. The average molecular weight is 304 g/mol. The Bertz CT molecular complexity index is 602. The summed E-state index contributed by atoms with van der Waals surface area (Å²) in [7, 11) is 1.97. The Labute approximate surface area is 131 Å². The van der Waals surface area contributed by atoms with E-state index in [4.69, 9.17) is 11.6 Å². The molecule has 0 fully saturated rings. The van der Waals surface area contributed by atoms with Crippen molar-refractivity contribution < 1.29 is 0 Å². The lowest BCUT2D eigenvalue weighted by Gasteiger charge is -2.17. The minimum Gasteiger partial charge on any atom is -0.319 e. The lowest BCUT2D eigenvalue weighted by atomic mass is 9.98. The molecule has 112 valence electrons. The molecule has 0 saturated carbocycles. The number of nitrogens with zero attached hydrogens (tertiary/aromatic N) is 2. The highest BCUT2D eigenvalue weighted by Crippen LogP contribution is 2.22. The summed E-state index contributed by atoms with van der Waals surface area (Å²) in [5, 5.41) is 3.96. The number of benzene rings is 1. The quantitative estimate of drug-likeness (QED) is 0.916. The zero-order valence-electron chi connectivity index (χ0n) is 13.1. The van der Waals surface area contributed by atoms with Crippen molar-refractivity contribution in [3.63, 3.8) is 0 Å². The number of halogens is 1. The molecule has 0 saturated heterocycles. The molecule has 1 aromatic heterocycles. The summed E-state index contributed by atoms with van der Waals surface area (Å²) in [6.45, 7) is 7.26. The van der Waals surface area contributed by atoms with Gasteiger partial charge < -0.3 is 5.32 Å². The molecule has 1 aromatic carbocycles. The van der Waals surface area contributed by atoms with Gasteiger partial charge in [-0.2, -0.15) is 0 Å². The van der Waals surface area contributed by atoms with Crippen molar-refractivity contribution >= 4 is 11.6 Å². The Morgan fingerprint density at radius 2 is 1.86 bits per heavy atom. The fourth-order valence-corrected chi connectivity index (χ4v) is 3.04. The Morgan fingerprint density at radius 3 is 2.43 bits per heavy atom. The molecule has 0 aliphatic carbocycles. The molecule has 0 radical (unpaired) electrons. The highest BCUT2D eigenvalue weighted by molar-refractivity contribution is 6.30. The summed E-state index contributed by atoms with van der Waals surface area (Å²) < 4.78 is 0. The van der Waals surface area contributed by atoms with E-state index in [0.717, 1.165) is 34.3 Å². The number of hydrogen-bond acceptors (Lipinski definition) is 3. The highest BCUT2D eigenvalue weighted by Gasteiger charge is 2.14. The zero-order valence-corrected chi connectivity index (χ0v) is 13.8. The van der Waals surface area contributed by atoms with Crippen LogP contribution >= 0.6 is 11.6 Å². The Morgan fingerprint density at radius 1 is 1.19 bits per heavy atom. The summed E-state index contributed by atoms with van der Waals surface area (Å²) in [4.78, 5) is 9.36. The molecule has 1 heterocycles. The first-order valence-corrected chi connectivity index (χ1v) is 7.62. The van der Waals surface area contributed by atoms with E-state index >= 15 is 0 Å². The number of rotatable bonds is 5. The third kappa shape index (κ3) is 4.02. The molecule has 0 amide bonds. The monoisotopic (exact) mass is 303 g/mol.